The lowest BCUT2D eigenvalue weighted by Crippen LogP contribution is -2.21. The smallest absolute Gasteiger partial charge is 0.250 e. The van der Waals surface area contributed by atoms with Crippen LogP contribution in [0.25, 0.3) is 17.1 Å². The number of nitrogens with one attached hydrogen (secondary N) is 1. The van der Waals surface area contributed by atoms with Crippen molar-refractivity contribution < 1.29 is 4.79 Å². The SMILES string of the molecule is CCN(CC)c1ccc(/C=N\NC(=O)CSc2nnc(-c3ccccc3)n2-c2ccc(C)cc2)cc1. The molecule has 36 heavy (non-hydrogen) atoms. The van der Waals surface area contributed by atoms with Gasteiger partial charge in [-0.05, 0) is 50.6 Å². The molecule has 0 fully saturated rings. The van der Waals surface area contributed by atoms with Crippen molar-refractivity contribution in [3.63, 3.8) is 0 Å². The fourth-order valence-electron chi connectivity index (χ4n) is 3.77. The first-order chi connectivity index (χ1) is 17.6. The zero-order valence-corrected chi connectivity index (χ0v) is 21.6. The summed E-state index contributed by atoms with van der Waals surface area (Å²) in [5.74, 6) is 0.682. The lowest BCUT2D eigenvalue weighted by atomic mass is 10.2. The minimum atomic E-state index is -0.212. The molecule has 7 nitrogen and oxygen atoms in total. The Morgan fingerprint density at radius 1 is 0.972 bits per heavy atom. The topological polar surface area (TPSA) is 75.4 Å². The standard InChI is InChI=1S/C28H30N6OS/c1-4-33(5-2)24-17-13-22(14-18-24)19-29-30-26(35)20-36-28-32-31-27(23-9-7-6-8-10-23)34(28)25-15-11-21(3)12-16-25/h6-19H,4-5,20H2,1-3H3,(H,30,35)/b29-19-. The summed E-state index contributed by atoms with van der Waals surface area (Å²) in [6.45, 7) is 8.24. The van der Waals surface area contributed by atoms with E-state index in [-0.39, 0.29) is 11.7 Å². The second kappa shape index (κ2) is 12.2. The number of nitrogens with zero attached hydrogens (tertiary/aromatic N) is 5. The second-order valence-corrected chi connectivity index (χ2v) is 9.13. The van der Waals surface area contributed by atoms with Gasteiger partial charge in [-0.3, -0.25) is 9.36 Å². The summed E-state index contributed by atoms with van der Waals surface area (Å²) < 4.78 is 1.98. The van der Waals surface area contributed by atoms with Gasteiger partial charge in [0.25, 0.3) is 5.91 Å². The van der Waals surface area contributed by atoms with Crippen LogP contribution in [0, 0.1) is 6.92 Å². The van der Waals surface area contributed by atoms with E-state index in [0.717, 1.165) is 35.7 Å². The predicted octanol–water partition coefficient (Wildman–Crippen LogP) is 5.33. The van der Waals surface area contributed by atoms with Crippen LogP contribution >= 0.6 is 11.8 Å². The van der Waals surface area contributed by atoms with E-state index in [1.807, 2.05) is 66.1 Å². The minimum Gasteiger partial charge on any atom is -0.372 e. The van der Waals surface area contributed by atoms with Crippen molar-refractivity contribution in [1.82, 2.24) is 20.2 Å². The molecule has 184 valence electrons. The van der Waals surface area contributed by atoms with Gasteiger partial charge in [0, 0.05) is 30.0 Å². The summed E-state index contributed by atoms with van der Waals surface area (Å²) in [5, 5.41) is 13.6. The number of aromatic nitrogens is 3. The van der Waals surface area contributed by atoms with Crippen molar-refractivity contribution in [3.8, 4) is 17.1 Å². The Morgan fingerprint density at radius 2 is 1.67 bits per heavy atom. The van der Waals surface area contributed by atoms with Crippen molar-refractivity contribution in [2.75, 3.05) is 23.7 Å². The van der Waals surface area contributed by atoms with Crippen LogP contribution in [0.5, 0.6) is 0 Å². The van der Waals surface area contributed by atoms with E-state index in [9.17, 15) is 4.79 Å². The summed E-state index contributed by atoms with van der Waals surface area (Å²) in [6, 6.07) is 26.2. The van der Waals surface area contributed by atoms with E-state index >= 15 is 0 Å². The Kier molecular flexibility index (Phi) is 8.52. The number of thioether (sulfide) groups is 1. The fourth-order valence-corrected chi connectivity index (χ4v) is 4.51. The first kappa shape index (κ1) is 25.2. The van der Waals surface area contributed by atoms with Crippen LogP contribution in [-0.4, -0.2) is 45.7 Å². The van der Waals surface area contributed by atoms with Gasteiger partial charge < -0.3 is 4.90 Å². The molecule has 0 unspecified atom stereocenters. The predicted molar refractivity (Wildman–Crippen MR) is 148 cm³/mol. The van der Waals surface area contributed by atoms with Crippen LogP contribution in [0.4, 0.5) is 5.69 Å². The van der Waals surface area contributed by atoms with Gasteiger partial charge in [-0.1, -0.05) is 71.9 Å². The number of hydrogen-bond donors (Lipinski definition) is 1. The Hall–Kier alpha value is -3.91. The molecule has 0 aliphatic rings. The zero-order valence-electron chi connectivity index (χ0n) is 20.8. The maximum atomic E-state index is 12.5. The van der Waals surface area contributed by atoms with Crippen molar-refractivity contribution in [2.45, 2.75) is 25.9 Å². The molecule has 0 atom stereocenters. The van der Waals surface area contributed by atoms with Gasteiger partial charge in [0.15, 0.2) is 11.0 Å². The number of benzene rings is 3. The Bertz CT molecular complexity index is 1300. The number of carbonyl (C=O) groups is 1. The van der Waals surface area contributed by atoms with Gasteiger partial charge in [-0.25, -0.2) is 5.43 Å². The largest absolute Gasteiger partial charge is 0.372 e. The van der Waals surface area contributed by atoms with E-state index in [1.54, 1.807) is 6.21 Å². The van der Waals surface area contributed by atoms with Crippen molar-refractivity contribution in [3.05, 3.63) is 90.0 Å². The first-order valence-electron chi connectivity index (χ1n) is 12.0. The normalized spacial score (nSPS) is 11.1. The highest BCUT2D eigenvalue weighted by molar-refractivity contribution is 7.99. The quantitative estimate of drug-likeness (QED) is 0.182. The maximum absolute atomic E-state index is 12.5. The third-order valence-corrected chi connectivity index (χ3v) is 6.64. The molecule has 0 saturated heterocycles. The number of aryl methyl sites for hydroxylation is 1. The molecule has 0 aliphatic heterocycles. The lowest BCUT2D eigenvalue weighted by molar-refractivity contribution is -0.118. The molecule has 8 heteroatoms. The van der Waals surface area contributed by atoms with E-state index in [4.69, 9.17) is 0 Å². The van der Waals surface area contributed by atoms with E-state index in [2.05, 4.69) is 63.7 Å². The monoisotopic (exact) mass is 498 g/mol. The second-order valence-electron chi connectivity index (χ2n) is 8.19. The molecule has 0 bridgehead atoms. The Labute approximate surface area is 216 Å². The molecule has 3 aromatic carbocycles. The molecule has 1 heterocycles. The highest BCUT2D eigenvalue weighted by Crippen LogP contribution is 2.28. The zero-order chi connectivity index (χ0) is 25.3. The summed E-state index contributed by atoms with van der Waals surface area (Å²) in [7, 11) is 0. The van der Waals surface area contributed by atoms with Crippen LogP contribution in [0.3, 0.4) is 0 Å². The average molecular weight is 499 g/mol. The number of rotatable bonds is 10. The van der Waals surface area contributed by atoms with Gasteiger partial charge in [-0.15, -0.1) is 10.2 Å². The molecule has 1 aromatic heterocycles. The number of anilines is 1. The average Bonchev–Trinajstić information content (AvgIpc) is 3.34. The molecular weight excluding hydrogens is 468 g/mol. The summed E-state index contributed by atoms with van der Waals surface area (Å²) >= 11 is 1.32. The van der Waals surface area contributed by atoms with Crippen LogP contribution in [0.2, 0.25) is 0 Å². The van der Waals surface area contributed by atoms with E-state index in [0.29, 0.717) is 5.16 Å². The van der Waals surface area contributed by atoms with Crippen LogP contribution in [0.15, 0.2) is 89.1 Å². The molecule has 1 amide bonds. The summed E-state index contributed by atoms with van der Waals surface area (Å²) in [5.41, 5.74) is 7.77. The Morgan fingerprint density at radius 3 is 2.33 bits per heavy atom. The molecule has 0 saturated carbocycles. The van der Waals surface area contributed by atoms with E-state index < -0.39 is 0 Å². The number of carbonyl (C=O) groups excluding carboxylic acids is 1. The molecule has 0 aliphatic carbocycles. The van der Waals surface area contributed by atoms with Gasteiger partial charge in [0.05, 0.1) is 12.0 Å². The Balaban J connectivity index is 1.42. The first-order valence-corrected chi connectivity index (χ1v) is 12.9. The van der Waals surface area contributed by atoms with Crippen molar-refractivity contribution in [1.29, 1.82) is 0 Å². The third kappa shape index (κ3) is 6.20. The molecule has 4 rings (SSSR count). The highest BCUT2D eigenvalue weighted by atomic mass is 32.2. The van der Waals surface area contributed by atoms with Crippen molar-refractivity contribution >= 4 is 29.6 Å². The molecule has 0 radical (unpaired) electrons. The molecule has 4 aromatic rings. The molecule has 0 spiro atoms. The maximum Gasteiger partial charge on any atom is 0.250 e. The van der Waals surface area contributed by atoms with Gasteiger partial charge in [0.2, 0.25) is 0 Å². The van der Waals surface area contributed by atoms with Crippen molar-refractivity contribution in [2.24, 2.45) is 5.10 Å². The fraction of sp³-hybridized carbons (Fsp3) is 0.214. The van der Waals surface area contributed by atoms with Crippen LogP contribution < -0.4 is 10.3 Å². The third-order valence-electron chi connectivity index (χ3n) is 5.71. The summed E-state index contributed by atoms with van der Waals surface area (Å²) in [6.07, 6.45) is 1.65. The minimum absolute atomic E-state index is 0.164. The van der Waals surface area contributed by atoms with E-state index in [1.165, 1.54) is 23.0 Å². The number of hydrazone groups is 1. The van der Waals surface area contributed by atoms with Crippen LogP contribution in [0.1, 0.15) is 25.0 Å². The lowest BCUT2D eigenvalue weighted by Gasteiger charge is -2.20. The van der Waals surface area contributed by atoms with Gasteiger partial charge in [-0.2, -0.15) is 5.10 Å². The highest BCUT2D eigenvalue weighted by Gasteiger charge is 2.17. The molecule has 1 N–H and O–H groups in total. The summed E-state index contributed by atoms with van der Waals surface area (Å²) in [4.78, 5) is 14.8. The number of hydrogen-bond acceptors (Lipinski definition) is 6. The van der Waals surface area contributed by atoms with Gasteiger partial charge >= 0.3 is 0 Å². The van der Waals surface area contributed by atoms with Gasteiger partial charge in [0.1, 0.15) is 0 Å². The van der Waals surface area contributed by atoms with Crippen LogP contribution in [-0.2, 0) is 4.79 Å². The number of amides is 1. The molecular formula is C28H30N6OS.